The molecule has 1 unspecified atom stereocenters. The van der Waals surface area contributed by atoms with Gasteiger partial charge in [-0.05, 0) is 25.8 Å². The Morgan fingerprint density at radius 2 is 2.46 bits per heavy atom. The molecule has 0 spiro atoms. The third-order valence-corrected chi connectivity index (χ3v) is 2.62. The van der Waals surface area contributed by atoms with Crippen LogP contribution in [0.2, 0.25) is 0 Å². The molecule has 2 aliphatic heterocycles. The third-order valence-electron chi connectivity index (χ3n) is 2.62. The Hall–Kier alpha value is -0.770. The molecular formula is C9H18N4. The monoisotopic (exact) mass is 182 g/mol. The highest BCUT2D eigenvalue weighted by Gasteiger charge is 2.13. The van der Waals surface area contributed by atoms with Crippen molar-refractivity contribution in [2.45, 2.75) is 25.3 Å². The molecular weight excluding hydrogens is 164 g/mol. The predicted molar refractivity (Wildman–Crippen MR) is 53.9 cm³/mol. The number of hydrogen-bond acceptors (Lipinski definition) is 4. The predicted octanol–water partition coefficient (Wildman–Crippen LogP) is -0.323. The lowest BCUT2D eigenvalue weighted by atomic mass is 10.1. The molecule has 1 saturated heterocycles. The zero-order valence-electron chi connectivity index (χ0n) is 7.97. The van der Waals surface area contributed by atoms with E-state index in [1.807, 2.05) is 0 Å². The van der Waals surface area contributed by atoms with Crippen molar-refractivity contribution in [1.29, 1.82) is 0 Å². The Kier molecular flexibility index (Phi) is 3.02. The maximum atomic E-state index is 4.27. The summed E-state index contributed by atoms with van der Waals surface area (Å²) in [5.74, 6) is 0.984. The summed E-state index contributed by atoms with van der Waals surface area (Å²) in [5.41, 5.74) is 0. The first-order valence-corrected chi connectivity index (χ1v) is 5.21. The maximum absolute atomic E-state index is 4.27. The summed E-state index contributed by atoms with van der Waals surface area (Å²) in [7, 11) is 0. The van der Waals surface area contributed by atoms with Crippen LogP contribution >= 0.6 is 0 Å². The molecule has 0 aromatic rings. The first-order chi connectivity index (χ1) is 6.45. The first-order valence-electron chi connectivity index (χ1n) is 5.21. The van der Waals surface area contributed by atoms with Gasteiger partial charge in [0.1, 0.15) is 0 Å². The normalized spacial score (nSPS) is 27.1. The minimum absolute atomic E-state index is 0.731. The fourth-order valence-electron chi connectivity index (χ4n) is 1.88. The first kappa shape index (κ1) is 8.81. The quantitative estimate of drug-likeness (QED) is 0.560. The molecule has 13 heavy (non-hydrogen) atoms. The molecule has 0 saturated carbocycles. The van der Waals surface area contributed by atoms with E-state index in [1.54, 1.807) is 0 Å². The zero-order chi connectivity index (χ0) is 8.93. The van der Waals surface area contributed by atoms with Crippen molar-refractivity contribution in [1.82, 2.24) is 16.0 Å². The third kappa shape index (κ3) is 2.59. The second-order valence-electron chi connectivity index (χ2n) is 3.67. The lowest BCUT2D eigenvalue weighted by Gasteiger charge is -2.11. The van der Waals surface area contributed by atoms with Crippen LogP contribution in [0.5, 0.6) is 0 Å². The molecule has 0 aromatic carbocycles. The highest BCUT2D eigenvalue weighted by Crippen LogP contribution is 2.07. The number of nitrogens with zero attached hydrogens (tertiary/aromatic N) is 1. The van der Waals surface area contributed by atoms with Gasteiger partial charge in [-0.15, -0.1) is 0 Å². The molecule has 4 heteroatoms. The van der Waals surface area contributed by atoms with Crippen LogP contribution in [0.4, 0.5) is 0 Å². The zero-order valence-corrected chi connectivity index (χ0v) is 7.97. The van der Waals surface area contributed by atoms with Gasteiger partial charge in [-0.25, -0.2) is 0 Å². The smallest absolute Gasteiger partial charge is 0.191 e. The van der Waals surface area contributed by atoms with Crippen LogP contribution < -0.4 is 16.0 Å². The summed E-state index contributed by atoms with van der Waals surface area (Å²) in [6.45, 7) is 4.14. The average molecular weight is 182 g/mol. The van der Waals surface area contributed by atoms with Gasteiger partial charge in [0.05, 0.1) is 6.54 Å². The van der Waals surface area contributed by atoms with E-state index in [2.05, 4.69) is 20.9 Å². The molecule has 2 aliphatic rings. The van der Waals surface area contributed by atoms with Crippen LogP contribution in [0.25, 0.3) is 0 Å². The van der Waals surface area contributed by atoms with E-state index in [1.165, 1.54) is 25.8 Å². The van der Waals surface area contributed by atoms with Gasteiger partial charge in [-0.3, -0.25) is 4.99 Å². The van der Waals surface area contributed by atoms with E-state index in [9.17, 15) is 0 Å². The van der Waals surface area contributed by atoms with E-state index in [0.29, 0.717) is 0 Å². The van der Waals surface area contributed by atoms with Gasteiger partial charge in [0.25, 0.3) is 0 Å². The molecule has 0 aliphatic carbocycles. The SMILES string of the molecule is C1CNC(CCNC2=NCCN2)C1. The Balaban J connectivity index is 1.57. The van der Waals surface area contributed by atoms with E-state index in [4.69, 9.17) is 0 Å². The van der Waals surface area contributed by atoms with Crippen molar-refractivity contribution in [3.8, 4) is 0 Å². The summed E-state index contributed by atoms with van der Waals surface area (Å²) >= 11 is 0. The molecule has 0 bridgehead atoms. The van der Waals surface area contributed by atoms with E-state index >= 15 is 0 Å². The summed E-state index contributed by atoms with van der Waals surface area (Å²) in [6.07, 6.45) is 3.88. The van der Waals surface area contributed by atoms with E-state index < -0.39 is 0 Å². The molecule has 1 fully saturated rings. The van der Waals surface area contributed by atoms with Crippen molar-refractivity contribution in [2.24, 2.45) is 4.99 Å². The largest absolute Gasteiger partial charge is 0.356 e. The van der Waals surface area contributed by atoms with Gasteiger partial charge in [0.2, 0.25) is 0 Å². The lowest BCUT2D eigenvalue weighted by molar-refractivity contribution is 0.552. The molecule has 2 rings (SSSR count). The van der Waals surface area contributed by atoms with Crippen LogP contribution in [0, 0.1) is 0 Å². The highest BCUT2D eigenvalue weighted by atomic mass is 15.2. The van der Waals surface area contributed by atoms with Crippen molar-refractivity contribution >= 4 is 5.96 Å². The van der Waals surface area contributed by atoms with Crippen LogP contribution in [0.1, 0.15) is 19.3 Å². The molecule has 74 valence electrons. The number of guanidine groups is 1. The lowest BCUT2D eigenvalue weighted by Crippen LogP contribution is -2.36. The fraction of sp³-hybridized carbons (Fsp3) is 0.889. The van der Waals surface area contributed by atoms with Crippen LogP contribution in [-0.2, 0) is 0 Å². The van der Waals surface area contributed by atoms with Crippen LogP contribution in [0.15, 0.2) is 4.99 Å². The van der Waals surface area contributed by atoms with Crippen molar-refractivity contribution in [2.75, 3.05) is 26.2 Å². The van der Waals surface area contributed by atoms with Gasteiger partial charge in [0.15, 0.2) is 5.96 Å². The van der Waals surface area contributed by atoms with Crippen molar-refractivity contribution in [3.63, 3.8) is 0 Å². The number of nitrogens with one attached hydrogen (secondary N) is 3. The second kappa shape index (κ2) is 4.46. The molecule has 1 atom stereocenters. The van der Waals surface area contributed by atoms with E-state index in [-0.39, 0.29) is 0 Å². The summed E-state index contributed by atoms with van der Waals surface area (Å²) in [5, 5.41) is 9.99. The Morgan fingerprint density at radius 1 is 1.46 bits per heavy atom. The minimum Gasteiger partial charge on any atom is -0.356 e. The molecule has 3 N–H and O–H groups in total. The number of aliphatic imine (C=N–C) groups is 1. The summed E-state index contributed by atoms with van der Waals surface area (Å²) in [4.78, 5) is 4.27. The molecule has 2 heterocycles. The van der Waals surface area contributed by atoms with Gasteiger partial charge >= 0.3 is 0 Å². The van der Waals surface area contributed by atoms with Crippen LogP contribution in [-0.4, -0.2) is 38.2 Å². The van der Waals surface area contributed by atoms with E-state index in [0.717, 1.165) is 31.6 Å². The Bertz CT molecular complexity index is 184. The Labute approximate surface area is 79.2 Å². The maximum Gasteiger partial charge on any atom is 0.191 e. The minimum atomic E-state index is 0.731. The number of rotatable bonds is 3. The van der Waals surface area contributed by atoms with Gasteiger partial charge in [0, 0.05) is 19.1 Å². The molecule has 4 nitrogen and oxygen atoms in total. The molecule has 0 radical (unpaired) electrons. The number of hydrogen-bond donors (Lipinski definition) is 3. The van der Waals surface area contributed by atoms with Crippen molar-refractivity contribution < 1.29 is 0 Å². The summed E-state index contributed by atoms with van der Waals surface area (Å²) < 4.78 is 0. The second-order valence-corrected chi connectivity index (χ2v) is 3.67. The molecule has 0 aromatic heterocycles. The molecule has 0 amide bonds. The van der Waals surface area contributed by atoms with Gasteiger partial charge in [-0.2, -0.15) is 0 Å². The Morgan fingerprint density at radius 3 is 3.15 bits per heavy atom. The standard InChI is InChI=1S/C9H18N4/c1-2-8(10-4-1)3-5-11-9-12-6-7-13-9/h8,10H,1-7H2,(H2,11,12,13). The van der Waals surface area contributed by atoms with Crippen molar-refractivity contribution in [3.05, 3.63) is 0 Å². The van der Waals surface area contributed by atoms with Gasteiger partial charge < -0.3 is 16.0 Å². The summed E-state index contributed by atoms with van der Waals surface area (Å²) in [6, 6.07) is 0.731. The average Bonchev–Trinajstić information content (AvgIpc) is 2.75. The topological polar surface area (TPSA) is 48.5 Å². The van der Waals surface area contributed by atoms with Crippen LogP contribution in [0.3, 0.4) is 0 Å². The van der Waals surface area contributed by atoms with Gasteiger partial charge in [-0.1, -0.05) is 0 Å². The highest BCUT2D eigenvalue weighted by molar-refractivity contribution is 5.81. The fourth-order valence-corrected chi connectivity index (χ4v) is 1.88.